The third kappa shape index (κ3) is 3.75. The summed E-state index contributed by atoms with van der Waals surface area (Å²) in [5, 5.41) is 18.2. The van der Waals surface area contributed by atoms with Gasteiger partial charge < -0.3 is 14.6 Å². The summed E-state index contributed by atoms with van der Waals surface area (Å²) in [6.45, 7) is 0.373. The Labute approximate surface area is 110 Å². The van der Waals surface area contributed by atoms with E-state index in [0.717, 1.165) is 0 Å². The number of aliphatic hydroxyl groups excluding tert-OH is 1. The lowest BCUT2D eigenvalue weighted by molar-refractivity contribution is -0.127. The van der Waals surface area contributed by atoms with Gasteiger partial charge in [-0.2, -0.15) is 5.26 Å². The molecule has 0 aliphatic carbocycles. The van der Waals surface area contributed by atoms with Crippen molar-refractivity contribution in [2.24, 2.45) is 7.05 Å². The molecular weight excluding hydrogens is 252 g/mol. The largest absolute Gasteiger partial charge is 0.390 e. The molecule has 7 heteroatoms. The van der Waals surface area contributed by atoms with E-state index in [-0.39, 0.29) is 18.3 Å². The van der Waals surface area contributed by atoms with Gasteiger partial charge in [-0.05, 0) is 0 Å². The molecule has 0 atom stereocenters. The molecule has 1 N–H and O–H groups in total. The minimum absolute atomic E-state index is 0.0381. The number of thioether (sulfide) groups is 1. The molecule has 0 saturated carbocycles. The van der Waals surface area contributed by atoms with E-state index < -0.39 is 0 Å². The zero-order chi connectivity index (χ0) is 13.5. The first-order valence-corrected chi connectivity index (χ1v) is 6.43. The molecule has 0 fully saturated rings. The Morgan fingerprint density at radius 2 is 2.44 bits per heavy atom. The molecular formula is C11H16N4O2S. The van der Waals surface area contributed by atoms with E-state index in [2.05, 4.69) is 4.98 Å². The third-order valence-electron chi connectivity index (χ3n) is 2.51. The SMILES string of the molecule is CN(CCC#N)C(=O)CSc1ncc(CO)n1C. The average Bonchev–Trinajstić information content (AvgIpc) is 2.73. The summed E-state index contributed by atoms with van der Waals surface area (Å²) in [6, 6.07) is 2.00. The summed E-state index contributed by atoms with van der Waals surface area (Å²) in [4.78, 5) is 17.4. The van der Waals surface area contributed by atoms with Crippen LogP contribution in [0.1, 0.15) is 12.1 Å². The topological polar surface area (TPSA) is 82.2 Å². The minimum atomic E-state index is -0.0694. The number of rotatable bonds is 6. The monoisotopic (exact) mass is 268 g/mol. The molecule has 0 unspecified atom stereocenters. The standard InChI is InChI=1S/C11H16N4O2S/c1-14(5-3-4-12)10(17)8-18-11-13-6-9(7-16)15(11)2/h6,16H,3,5,7-8H2,1-2H3. The first kappa shape index (κ1) is 14.5. The van der Waals surface area contributed by atoms with Gasteiger partial charge >= 0.3 is 0 Å². The Morgan fingerprint density at radius 1 is 1.72 bits per heavy atom. The molecule has 6 nitrogen and oxygen atoms in total. The van der Waals surface area contributed by atoms with E-state index >= 15 is 0 Å². The summed E-state index contributed by atoms with van der Waals surface area (Å²) in [6.07, 6.45) is 1.93. The highest BCUT2D eigenvalue weighted by atomic mass is 32.2. The lowest BCUT2D eigenvalue weighted by Crippen LogP contribution is -2.29. The van der Waals surface area contributed by atoms with E-state index in [1.807, 2.05) is 6.07 Å². The van der Waals surface area contributed by atoms with Crippen molar-refractivity contribution in [3.05, 3.63) is 11.9 Å². The number of nitriles is 1. The maximum absolute atomic E-state index is 11.7. The van der Waals surface area contributed by atoms with E-state index in [0.29, 0.717) is 23.8 Å². The molecule has 18 heavy (non-hydrogen) atoms. The molecule has 1 rings (SSSR count). The van der Waals surface area contributed by atoms with Crippen LogP contribution in [0.3, 0.4) is 0 Å². The van der Waals surface area contributed by atoms with E-state index in [1.54, 1.807) is 24.9 Å². The van der Waals surface area contributed by atoms with Crippen molar-refractivity contribution in [3.63, 3.8) is 0 Å². The highest BCUT2D eigenvalue weighted by Gasteiger charge is 2.12. The molecule has 1 amide bonds. The lowest BCUT2D eigenvalue weighted by Gasteiger charge is -2.14. The second kappa shape index (κ2) is 7.03. The predicted molar refractivity (Wildman–Crippen MR) is 67.7 cm³/mol. The van der Waals surface area contributed by atoms with Gasteiger partial charge in [-0.3, -0.25) is 4.79 Å². The van der Waals surface area contributed by atoms with Crippen molar-refractivity contribution in [3.8, 4) is 6.07 Å². The molecule has 0 radical (unpaired) electrons. The number of hydrogen-bond acceptors (Lipinski definition) is 5. The normalized spacial score (nSPS) is 10.1. The molecule has 0 aliphatic rings. The second-order valence-corrected chi connectivity index (χ2v) is 4.70. The minimum Gasteiger partial charge on any atom is -0.390 e. The average molecular weight is 268 g/mol. The highest BCUT2D eigenvalue weighted by Crippen LogP contribution is 2.17. The third-order valence-corrected chi connectivity index (χ3v) is 3.54. The number of carbonyl (C=O) groups excluding carboxylic acids is 1. The molecule has 0 spiro atoms. The summed E-state index contributed by atoms with van der Waals surface area (Å²) in [7, 11) is 3.47. The number of amides is 1. The van der Waals surface area contributed by atoms with Crippen LogP contribution in [0.25, 0.3) is 0 Å². The van der Waals surface area contributed by atoms with Crippen molar-refractivity contribution < 1.29 is 9.90 Å². The van der Waals surface area contributed by atoms with E-state index in [9.17, 15) is 4.79 Å². The van der Waals surface area contributed by atoms with Crippen LogP contribution < -0.4 is 0 Å². The summed E-state index contributed by atoms with van der Waals surface area (Å²) >= 11 is 1.32. The van der Waals surface area contributed by atoms with Crippen molar-refractivity contribution in [2.45, 2.75) is 18.2 Å². The Hall–Kier alpha value is -1.52. The summed E-state index contributed by atoms with van der Waals surface area (Å²) < 4.78 is 1.76. The maximum atomic E-state index is 11.7. The fourth-order valence-electron chi connectivity index (χ4n) is 1.29. The molecule has 1 aromatic rings. The highest BCUT2D eigenvalue weighted by molar-refractivity contribution is 7.99. The van der Waals surface area contributed by atoms with Crippen LogP contribution in [-0.2, 0) is 18.4 Å². The molecule has 0 saturated heterocycles. The molecule has 1 heterocycles. The Balaban J connectivity index is 2.47. The fraction of sp³-hybridized carbons (Fsp3) is 0.545. The van der Waals surface area contributed by atoms with Gasteiger partial charge in [0.2, 0.25) is 5.91 Å². The van der Waals surface area contributed by atoms with E-state index in [1.165, 1.54) is 16.7 Å². The Morgan fingerprint density at radius 3 is 3.00 bits per heavy atom. The van der Waals surface area contributed by atoms with Crippen LogP contribution in [0.5, 0.6) is 0 Å². The van der Waals surface area contributed by atoms with Gasteiger partial charge in [-0.1, -0.05) is 11.8 Å². The van der Waals surface area contributed by atoms with Crippen LogP contribution in [0.4, 0.5) is 0 Å². The van der Waals surface area contributed by atoms with Gasteiger partial charge in [0.25, 0.3) is 0 Å². The van der Waals surface area contributed by atoms with Crippen LogP contribution >= 0.6 is 11.8 Å². The Kier molecular flexibility index (Phi) is 5.68. The lowest BCUT2D eigenvalue weighted by atomic mass is 10.4. The van der Waals surface area contributed by atoms with Gasteiger partial charge in [0, 0.05) is 20.6 Å². The molecule has 0 aliphatic heterocycles. The summed E-state index contributed by atoms with van der Waals surface area (Å²) in [5.41, 5.74) is 0.711. The first-order chi connectivity index (χ1) is 8.60. The van der Waals surface area contributed by atoms with Crippen molar-refractivity contribution in [1.29, 1.82) is 5.26 Å². The van der Waals surface area contributed by atoms with E-state index in [4.69, 9.17) is 10.4 Å². The molecule has 1 aromatic heterocycles. The first-order valence-electron chi connectivity index (χ1n) is 5.45. The van der Waals surface area contributed by atoms with Crippen molar-refractivity contribution >= 4 is 17.7 Å². The van der Waals surface area contributed by atoms with Crippen LogP contribution in [0.15, 0.2) is 11.4 Å². The van der Waals surface area contributed by atoms with Gasteiger partial charge in [-0.25, -0.2) is 4.98 Å². The smallest absolute Gasteiger partial charge is 0.232 e. The van der Waals surface area contributed by atoms with Crippen molar-refractivity contribution in [1.82, 2.24) is 14.5 Å². The molecule has 0 bridgehead atoms. The molecule has 98 valence electrons. The van der Waals surface area contributed by atoms with Gasteiger partial charge in [0.05, 0.1) is 36.7 Å². The maximum Gasteiger partial charge on any atom is 0.232 e. The number of hydrogen-bond donors (Lipinski definition) is 1. The van der Waals surface area contributed by atoms with Crippen molar-refractivity contribution in [2.75, 3.05) is 19.3 Å². The van der Waals surface area contributed by atoms with Gasteiger partial charge in [0.15, 0.2) is 5.16 Å². The fourth-order valence-corrected chi connectivity index (χ4v) is 2.20. The van der Waals surface area contributed by atoms with Gasteiger partial charge in [-0.15, -0.1) is 0 Å². The zero-order valence-electron chi connectivity index (χ0n) is 10.5. The number of nitrogens with zero attached hydrogens (tertiary/aromatic N) is 4. The predicted octanol–water partition coefficient (Wildman–Crippen LogP) is 0.377. The number of imidazole rings is 1. The number of aliphatic hydroxyl groups is 1. The van der Waals surface area contributed by atoms with Crippen LogP contribution in [-0.4, -0.2) is 44.8 Å². The molecule has 0 aromatic carbocycles. The second-order valence-electron chi connectivity index (χ2n) is 3.76. The number of carbonyl (C=O) groups is 1. The van der Waals surface area contributed by atoms with Crippen LogP contribution in [0, 0.1) is 11.3 Å². The summed E-state index contributed by atoms with van der Waals surface area (Å²) in [5.74, 6) is 0.237. The van der Waals surface area contributed by atoms with Crippen LogP contribution in [0.2, 0.25) is 0 Å². The van der Waals surface area contributed by atoms with Gasteiger partial charge in [0.1, 0.15) is 0 Å². The zero-order valence-corrected chi connectivity index (χ0v) is 11.3. The Bertz CT molecular complexity index is 452. The number of aromatic nitrogens is 2. The quantitative estimate of drug-likeness (QED) is 0.754.